The van der Waals surface area contributed by atoms with Crippen LogP contribution in [-0.2, 0) is 20.9 Å². The number of non-ortho nitro benzene ring substituents is 1. The number of benzene rings is 1. The van der Waals surface area contributed by atoms with Gasteiger partial charge >= 0.3 is 12.1 Å². The number of carboxylic acids is 1. The molecule has 2 amide bonds. The topological polar surface area (TPSA) is 151 Å². The summed E-state index contributed by atoms with van der Waals surface area (Å²) in [4.78, 5) is 51.2. The zero-order chi connectivity index (χ0) is 25.4. The van der Waals surface area contributed by atoms with Crippen LogP contribution in [0, 0.1) is 22.0 Å². The molecule has 1 aromatic rings. The third-order valence-electron chi connectivity index (χ3n) is 6.40. The third kappa shape index (κ3) is 4.71. The summed E-state index contributed by atoms with van der Waals surface area (Å²) in [5.41, 5.74) is 0.467. The first-order valence-corrected chi connectivity index (χ1v) is 13.0. The number of nitrogens with zero attached hydrogens (tertiary/aromatic N) is 3. The smallest absolute Gasteiger partial charge is 0.411 e. The molecule has 0 saturated carbocycles. The highest BCUT2D eigenvalue weighted by molar-refractivity contribution is 8.05. The highest BCUT2D eigenvalue weighted by Gasteiger charge is 2.60. The zero-order valence-electron chi connectivity index (χ0n) is 19.0. The van der Waals surface area contributed by atoms with Crippen molar-refractivity contribution in [3.63, 3.8) is 0 Å². The van der Waals surface area contributed by atoms with Gasteiger partial charge in [0.15, 0.2) is 0 Å². The standard InChI is InChI=1S/C22H25N3O8S2/c1-11-17-16(12(2)26)20(27)24(17)18(21(28)29)19(11)35-15-10-34-8-7-23(15)22(30)33-9-13-3-5-14(6-4-13)25(31)32/h3-6,11-12,15-17,26H,7-10H2,1-2H3,(H,28,29)/t11-,12-,15?,16-,17+/m1/s1. The summed E-state index contributed by atoms with van der Waals surface area (Å²) in [5, 5.41) is 30.3. The Bertz CT molecular complexity index is 1080. The van der Waals surface area contributed by atoms with Crippen molar-refractivity contribution in [1.82, 2.24) is 9.80 Å². The van der Waals surface area contributed by atoms with E-state index in [0.717, 1.165) is 0 Å². The molecule has 1 aromatic carbocycles. The van der Waals surface area contributed by atoms with E-state index in [1.807, 2.05) is 6.92 Å². The van der Waals surface area contributed by atoms with Crippen molar-refractivity contribution in [2.24, 2.45) is 11.8 Å². The molecule has 13 heteroatoms. The minimum Gasteiger partial charge on any atom is -0.477 e. The maximum atomic E-state index is 12.9. The van der Waals surface area contributed by atoms with E-state index in [1.54, 1.807) is 16.7 Å². The number of hydrogen-bond acceptors (Lipinski definition) is 9. The maximum Gasteiger partial charge on any atom is 0.411 e. The average molecular weight is 524 g/mol. The number of aliphatic carboxylic acids is 1. The Morgan fingerprint density at radius 3 is 2.63 bits per heavy atom. The van der Waals surface area contributed by atoms with Gasteiger partial charge in [-0.3, -0.25) is 19.8 Å². The molecule has 4 rings (SSSR count). The molecule has 3 aliphatic rings. The fraction of sp³-hybridized carbons (Fsp3) is 0.500. The van der Waals surface area contributed by atoms with Gasteiger partial charge < -0.3 is 19.8 Å². The van der Waals surface area contributed by atoms with Gasteiger partial charge in [0.1, 0.15) is 12.3 Å². The van der Waals surface area contributed by atoms with E-state index in [2.05, 4.69) is 0 Å². The molecule has 35 heavy (non-hydrogen) atoms. The van der Waals surface area contributed by atoms with E-state index in [4.69, 9.17) is 4.74 Å². The van der Waals surface area contributed by atoms with Crippen LogP contribution in [0.15, 0.2) is 34.9 Å². The van der Waals surface area contributed by atoms with Crippen LogP contribution >= 0.6 is 23.5 Å². The Kier molecular flexibility index (Phi) is 7.29. The van der Waals surface area contributed by atoms with Crippen LogP contribution in [0.2, 0.25) is 0 Å². The predicted molar refractivity (Wildman–Crippen MR) is 128 cm³/mol. The Labute approximate surface area is 209 Å². The van der Waals surface area contributed by atoms with Gasteiger partial charge in [0.2, 0.25) is 5.91 Å². The van der Waals surface area contributed by atoms with Gasteiger partial charge in [0, 0.05) is 41.0 Å². The van der Waals surface area contributed by atoms with Crippen molar-refractivity contribution in [2.45, 2.75) is 38.0 Å². The number of nitro benzene ring substituents is 1. The Morgan fingerprint density at radius 2 is 2.03 bits per heavy atom. The second kappa shape index (κ2) is 10.1. The lowest BCUT2D eigenvalue weighted by atomic mass is 9.79. The van der Waals surface area contributed by atoms with Gasteiger partial charge in [0.25, 0.3) is 5.69 Å². The van der Waals surface area contributed by atoms with Gasteiger partial charge in [-0.05, 0) is 24.6 Å². The average Bonchev–Trinajstić information content (AvgIpc) is 3.06. The van der Waals surface area contributed by atoms with Gasteiger partial charge in [-0.25, -0.2) is 9.59 Å². The van der Waals surface area contributed by atoms with Gasteiger partial charge in [-0.1, -0.05) is 6.92 Å². The Balaban J connectivity index is 1.47. The second-order valence-electron chi connectivity index (χ2n) is 8.59. The molecule has 188 valence electrons. The van der Waals surface area contributed by atoms with Crippen LogP contribution in [0.4, 0.5) is 10.5 Å². The fourth-order valence-corrected chi connectivity index (χ4v) is 7.35. The molecule has 0 aromatic heterocycles. The van der Waals surface area contributed by atoms with Gasteiger partial charge in [-0.2, -0.15) is 11.8 Å². The van der Waals surface area contributed by atoms with Crippen molar-refractivity contribution in [1.29, 1.82) is 0 Å². The van der Waals surface area contributed by atoms with Crippen molar-refractivity contribution in [3.05, 3.63) is 50.5 Å². The number of thioether (sulfide) groups is 2. The van der Waals surface area contributed by atoms with Gasteiger partial charge in [-0.15, -0.1) is 11.8 Å². The van der Waals surface area contributed by atoms with E-state index in [0.29, 0.717) is 28.5 Å². The summed E-state index contributed by atoms with van der Waals surface area (Å²) in [7, 11) is 0. The quantitative estimate of drug-likeness (QED) is 0.310. The number of amides is 2. The first-order valence-electron chi connectivity index (χ1n) is 11.0. The van der Waals surface area contributed by atoms with Crippen LogP contribution < -0.4 is 0 Å². The molecule has 2 saturated heterocycles. The first-order chi connectivity index (χ1) is 16.6. The lowest BCUT2D eigenvalue weighted by molar-refractivity contribution is -0.384. The summed E-state index contributed by atoms with van der Waals surface area (Å²) < 4.78 is 5.45. The molecule has 0 radical (unpaired) electrons. The predicted octanol–water partition coefficient (Wildman–Crippen LogP) is 2.49. The largest absolute Gasteiger partial charge is 0.477 e. The van der Waals surface area contributed by atoms with Gasteiger partial charge in [0.05, 0.1) is 28.4 Å². The summed E-state index contributed by atoms with van der Waals surface area (Å²) in [6.07, 6.45) is -1.45. The molecule has 11 nitrogen and oxygen atoms in total. The number of rotatable bonds is 7. The number of fused-ring (bicyclic) bond motifs is 1. The highest BCUT2D eigenvalue weighted by Crippen LogP contribution is 2.52. The number of ether oxygens (including phenoxy) is 1. The van der Waals surface area contributed by atoms with E-state index in [9.17, 15) is 34.7 Å². The molecule has 5 atom stereocenters. The highest BCUT2D eigenvalue weighted by atomic mass is 32.2. The molecule has 0 spiro atoms. The number of carbonyl (C=O) groups is 3. The molecule has 0 aliphatic carbocycles. The number of aliphatic hydroxyl groups is 1. The SMILES string of the molecule is C[C@@H](O)[C@H]1C(=O)N2C(C(=O)O)=C(SC3CSCCN3C(=O)OCc3ccc([N+](=O)[O-])cc3)[C@H](C)[C@@H]12. The summed E-state index contributed by atoms with van der Waals surface area (Å²) in [6.45, 7) is 3.72. The molecular weight excluding hydrogens is 498 g/mol. The number of hydrogen-bond donors (Lipinski definition) is 2. The number of β-lactam (4-membered cyclic amide) rings is 1. The number of carboxylic acid groups (broad SMARTS) is 1. The molecule has 2 N–H and O–H groups in total. The summed E-state index contributed by atoms with van der Waals surface area (Å²) in [5.74, 6) is -1.31. The monoisotopic (exact) mass is 523 g/mol. The minimum absolute atomic E-state index is 0.0567. The van der Waals surface area contributed by atoms with E-state index >= 15 is 0 Å². The first kappa shape index (κ1) is 25.3. The molecule has 2 fully saturated rings. The van der Waals surface area contributed by atoms with Crippen molar-refractivity contribution in [3.8, 4) is 0 Å². The van der Waals surface area contributed by atoms with E-state index in [-0.39, 0.29) is 23.9 Å². The van der Waals surface area contributed by atoms with Crippen molar-refractivity contribution >= 4 is 47.2 Å². The molecule has 3 aliphatic heterocycles. The lowest BCUT2D eigenvalue weighted by Gasteiger charge is -2.46. The Hall–Kier alpha value is -2.77. The van der Waals surface area contributed by atoms with E-state index < -0.39 is 46.3 Å². The van der Waals surface area contributed by atoms with Crippen molar-refractivity contribution < 1.29 is 34.3 Å². The lowest BCUT2D eigenvalue weighted by Crippen LogP contribution is -2.63. The third-order valence-corrected chi connectivity index (χ3v) is 9.15. The van der Waals surface area contributed by atoms with Crippen LogP contribution in [0.25, 0.3) is 0 Å². The number of nitro groups is 1. The molecule has 0 bridgehead atoms. The number of aliphatic hydroxyl groups excluding tert-OH is 1. The van der Waals surface area contributed by atoms with Crippen LogP contribution in [0.5, 0.6) is 0 Å². The van der Waals surface area contributed by atoms with Crippen molar-refractivity contribution in [2.75, 3.05) is 18.1 Å². The summed E-state index contributed by atoms with van der Waals surface area (Å²) >= 11 is 2.89. The second-order valence-corrected chi connectivity index (χ2v) is 11.0. The van der Waals surface area contributed by atoms with Crippen LogP contribution in [0.3, 0.4) is 0 Å². The maximum absolute atomic E-state index is 12.9. The fourth-order valence-electron chi connectivity index (χ4n) is 4.65. The van der Waals surface area contributed by atoms with Crippen LogP contribution in [0.1, 0.15) is 19.4 Å². The van der Waals surface area contributed by atoms with E-state index in [1.165, 1.54) is 47.9 Å². The Morgan fingerprint density at radius 1 is 1.34 bits per heavy atom. The molecule has 3 heterocycles. The zero-order valence-corrected chi connectivity index (χ0v) is 20.7. The molecular formula is C22H25N3O8S2. The minimum atomic E-state index is -1.21. The normalized spacial score (nSPS) is 26.8. The molecule has 1 unspecified atom stereocenters. The van der Waals surface area contributed by atoms with Crippen LogP contribution in [-0.4, -0.2) is 78.5 Å². The number of carbonyl (C=O) groups excluding carboxylic acids is 2. The summed E-state index contributed by atoms with van der Waals surface area (Å²) in [6, 6.07) is 5.30.